The van der Waals surface area contributed by atoms with Gasteiger partial charge in [0.05, 0.1) is 6.42 Å². The zero-order valence-electron chi connectivity index (χ0n) is 18.8. The van der Waals surface area contributed by atoms with E-state index in [4.69, 9.17) is 9.84 Å². The second-order valence-electron chi connectivity index (χ2n) is 8.74. The molecule has 174 valence electrons. The second kappa shape index (κ2) is 10.1. The van der Waals surface area contributed by atoms with Gasteiger partial charge in [0.25, 0.3) is 0 Å². The first kappa shape index (κ1) is 22.8. The van der Waals surface area contributed by atoms with Crippen molar-refractivity contribution in [2.45, 2.75) is 57.0 Å². The molecule has 0 radical (unpaired) electrons. The molecule has 0 spiro atoms. The fourth-order valence-electron chi connectivity index (χ4n) is 5.07. The van der Waals surface area contributed by atoms with Crippen molar-refractivity contribution < 1.29 is 24.2 Å². The zero-order chi connectivity index (χ0) is 23.4. The summed E-state index contributed by atoms with van der Waals surface area (Å²) in [5.41, 5.74) is 4.56. The number of carboxylic acid groups (broad SMARTS) is 1. The summed E-state index contributed by atoms with van der Waals surface area (Å²) in [7, 11) is 0. The highest BCUT2D eigenvalue weighted by atomic mass is 16.5. The van der Waals surface area contributed by atoms with Gasteiger partial charge in [0.15, 0.2) is 0 Å². The van der Waals surface area contributed by atoms with Gasteiger partial charge in [0.1, 0.15) is 12.6 Å². The summed E-state index contributed by atoms with van der Waals surface area (Å²) in [5.74, 6) is -1.20. The van der Waals surface area contributed by atoms with Crippen LogP contribution in [0.4, 0.5) is 4.79 Å². The number of nitrogens with one attached hydrogen (secondary N) is 1. The first-order valence-corrected chi connectivity index (χ1v) is 11.6. The van der Waals surface area contributed by atoms with Crippen LogP contribution in [0, 0.1) is 0 Å². The van der Waals surface area contributed by atoms with Crippen LogP contribution in [0.25, 0.3) is 11.1 Å². The maximum absolute atomic E-state index is 13.1. The molecule has 0 aromatic heterocycles. The van der Waals surface area contributed by atoms with Crippen LogP contribution in [0.2, 0.25) is 0 Å². The molecule has 2 aliphatic rings. The van der Waals surface area contributed by atoms with Gasteiger partial charge < -0.3 is 20.1 Å². The van der Waals surface area contributed by atoms with Gasteiger partial charge in [0, 0.05) is 18.5 Å². The summed E-state index contributed by atoms with van der Waals surface area (Å²) >= 11 is 0. The van der Waals surface area contributed by atoms with E-state index in [0.29, 0.717) is 25.8 Å². The Kier molecular flexibility index (Phi) is 6.96. The molecule has 4 rings (SSSR count). The van der Waals surface area contributed by atoms with Crippen LogP contribution in [0.15, 0.2) is 48.5 Å². The van der Waals surface area contributed by atoms with Gasteiger partial charge >= 0.3 is 12.1 Å². The number of likely N-dealkylation sites (tertiary alicyclic amines) is 1. The highest BCUT2D eigenvalue weighted by molar-refractivity contribution is 5.86. The number of hydrogen-bond donors (Lipinski definition) is 2. The predicted octanol–water partition coefficient (Wildman–Crippen LogP) is 4.16. The van der Waals surface area contributed by atoms with E-state index in [1.54, 1.807) is 4.90 Å². The van der Waals surface area contributed by atoms with Gasteiger partial charge in [-0.3, -0.25) is 9.59 Å². The molecule has 7 heteroatoms. The Bertz CT molecular complexity index is 991. The average Bonchev–Trinajstić information content (AvgIpc) is 3.39. The van der Waals surface area contributed by atoms with Crippen LogP contribution in [0.1, 0.15) is 56.1 Å². The Morgan fingerprint density at radius 1 is 1.09 bits per heavy atom. The fraction of sp³-hybridized carbons (Fsp3) is 0.423. The normalized spacial score (nSPS) is 17.8. The maximum atomic E-state index is 13.1. The van der Waals surface area contributed by atoms with Crippen LogP contribution in [0.5, 0.6) is 0 Å². The summed E-state index contributed by atoms with van der Waals surface area (Å²) in [5, 5.41) is 11.9. The number of nitrogens with zero attached hydrogens (tertiary/aromatic N) is 1. The quantitative estimate of drug-likeness (QED) is 0.630. The molecule has 33 heavy (non-hydrogen) atoms. The molecule has 2 aromatic carbocycles. The smallest absolute Gasteiger partial charge is 0.407 e. The Balaban J connectivity index is 1.41. The van der Waals surface area contributed by atoms with Crippen molar-refractivity contribution in [2.24, 2.45) is 0 Å². The number of amides is 2. The van der Waals surface area contributed by atoms with Gasteiger partial charge in [-0.25, -0.2) is 4.79 Å². The number of fused-ring (bicyclic) bond motifs is 3. The van der Waals surface area contributed by atoms with Gasteiger partial charge in [-0.15, -0.1) is 0 Å². The molecule has 2 atom stereocenters. The molecule has 0 bridgehead atoms. The molecule has 2 amide bonds. The molecule has 2 aromatic rings. The SMILES string of the molecule is CCC[C@H](NC(=O)OCC1c2ccccc2-c2ccccc21)C(=O)N1CCC[C@@H]1CC(=O)O. The van der Waals surface area contributed by atoms with Gasteiger partial charge in [0.2, 0.25) is 5.91 Å². The number of carbonyl (C=O) groups excluding carboxylic acids is 2. The van der Waals surface area contributed by atoms with Crippen molar-refractivity contribution in [3.8, 4) is 11.1 Å². The summed E-state index contributed by atoms with van der Waals surface area (Å²) in [4.78, 5) is 38.6. The number of carbonyl (C=O) groups is 3. The molecule has 0 saturated carbocycles. The third-order valence-corrected chi connectivity index (χ3v) is 6.58. The minimum atomic E-state index is -0.920. The molecule has 1 aliphatic heterocycles. The van der Waals surface area contributed by atoms with Gasteiger partial charge in [-0.1, -0.05) is 61.9 Å². The van der Waals surface area contributed by atoms with Crippen LogP contribution < -0.4 is 5.32 Å². The number of benzene rings is 2. The van der Waals surface area contributed by atoms with E-state index < -0.39 is 18.1 Å². The molecular weight excluding hydrogens is 420 g/mol. The summed E-state index contributed by atoms with van der Waals surface area (Å²) in [6.45, 7) is 2.64. The van der Waals surface area contributed by atoms with Gasteiger partial charge in [-0.05, 0) is 41.5 Å². The number of aliphatic carboxylic acids is 1. The molecule has 1 saturated heterocycles. The van der Waals surface area contributed by atoms with Crippen LogP contribution >= 0.6 is 0 Å². The number of hydrogen-bond acceptors (Lipinski definition) is 4. The molecule has 0 unspecified atom stereocenters. The summed E-state index contributed by atoms with van der Waals surface area (Å²) < 4.78 is 5.61. The minimum Gasteiger partial charge on any atom is -0.481 e. The molecule has 1 aliphatic carbocycles. The first-order chi connectivity index (χ1) is 16.0. The van der Waals surface area contributed by atoms with Crippen molar-refractivity contribution in [1.82, 2.24) is 10.2 Å². The first-order valence-electron chi connectivity index (χ1n) is 11.6. The highest BCUT2D eigenvalue weighted by Gasteiger charge is 2.35. The van der Waals surface area contributed by atoms with E-state index in [-0.39, 0.29) is 30.9 Å². The Morgan fingerprint density at radius 2 is 1.73 bits per heavy atom. The van der Waals surface area contributed by atoms with E-state index in [2.05, 4.69) is 29.6 Å². The van der Waals surface area contributed by atoms with E-state index in [1.165, 1.54) is 0 Å². The maximum Gasteiger partial charge on any atom is 0.407 e. The number of carboxylic acids is 1. The van der Waals surface area contributed by atoms with E-state index in [9.17, 15) is 14.4 Å². The van der Waals surface area contributed by atoms with E-state index >= 15 is 0 Å². The van der Waals surface area contributed by atoms with Gasteiger partial charge in [-0.2, -0.15) is 0 Å². The van der Waals surface area contributed by atoms with Crippen LogP contribution in [0.3, 0.4) is 0 Å². The number of alkyl carbamates (subject to hydrolysis) is 1. The lowest BCUT2D eigenvalue weighted by Gasteiger charge is -2.28. The lowest BCUT2D eigenvalue weighted by atomic mass is 9.98. The van der Waals surface area contributed by atoms with Crippen LogP contribution in [-0.4, -0.2) is 53.2 Å². The lowest BCUT2D eigenvalue weighted by molar-refractivity contribution is -0.140. The summed E-state index contributed by atoms with van der Waals surface area (Å²) in [6, 6.07) is 15.2. The topological polar surface area (TPSA) is 95.9 Å². The van der Waals surface area contributed by atoms with E-state index in [0.717, 1.165) is 28.7 Å². The number of ether oxygens (including phenoxy) is 1. The second-order valence-corrected chi connectivity index (χ2v) is 8.74. The average molecular weight is 451 g/mol. The van der Waals surface area contributed by atoms with Crippen molar-refractivity contribution in [3.05, 3.63) is 59.7 Å². The van der Waals surface area contributed by atoms with Crippen LogP contribution in [-0.2, 0) is 14.3 Å². The van der Waals surface area contributed by atoms with Crippen molar-refractivity contribution in [1.29, 1.82) is 0 Å². The molecule has 1 heterocycles. The van der Waals surface area contributed by atoms with E-state index in [1.807, 2.05) is 31.2 Å². The van der Waals surface area contributed by atoms with Crippen molar-refractivity contribution >= 4 is 18.0 Å². The largest absolute Gasteiger partial charge is 0.481 e. The molecule has 2 N–H and O–H groups in total. The van der Waals surface area contributed by atoms with Crippen molar-refractivity contribution in [2.75, 3.05) is 13.2 Å². The zero-order valence-corrected chi connectivity index (χ0v) is 18.8. The lowest BCUT2D eigenvalue weighted by Crippen LogP contribution is -2.50. The standard InChI is InChI=1S/C26H30N2O5/c1-2-8-23(25(31)28-14-7-9-17(28)15-24(29)30)27-26(32)33-16-22-20-12-5-3-10-18(20)19-11-4-6-13-21(19)22/h3-6,10-13,17,22-23H,2,7-9,14-16H2,1H3,(H,27,32)(H,29,30)/t17-,23+/m1/s1. The Morgan fingerprint density at radius 3 is 2.33 bits per heavy atom. The Labute approximate surface area is 193 Å². The molecule has 7 nitrogen and oxygen atoms in total. The van der Waals surface area contributed by atoms with Crippen molar-refractivity contribution in [3.63, 3.8) is 0 Å². The predicted molar refractivity (Wildman–Crippen MR) is 124 cm³/mol. The highest BCUT2D eigenvalue weighted by Crippen LogP contribution is 2.44. The fourth-order valence-corrected chi connectivity index (χ4v) is 5.07. The number of rotatable bonds is 8. The minimum absolute atomic E-state index is 0.0537. The molecule has 1 fully saturated rings. The third-order valence-electron chi connectivity index (χ3n) is 6.58. The summed E-state index contributed by atoms with van der Waals surface area (Å²) in [6.07, 6.45) is 1.92. The Hall–Kier alpha value is -3.35. The third kappa shape index (κ3) is 4.87. The monoisotopic (exact) mass is 450 g/mol. The molecular formula is C26H30N2O5.